The highest BCUT2D eigenvalue weighted by molar-refractivity contribution is 6.30. The van der Waals surface area contributed by atoms with Gasteiger partial charge in [0.25, 0.3) is 0 Å². The van der Waals surface area contributed by atoms with Gasteiger partial charge in [-0.3, -0.25) is 0 Å². The van der Waals surface area contributed by atoms with Gasteiger partial charge >= 0.3 is 0 Å². The van der Waals surface area contributed by atoms with Crippen LogP contribution in [0.5, 0.6) is 0 Å². The highest BCUT2D eigenvalue weighted by Crippen LogP contribution is 2.37. The normalized spacial score (nSPS) is 15.8. The van der Waals surface area contributed by atoms with E-state index in [1.54, 1.807) is 0 Å². The van der Waals surface area contributed by atoms with Crippen molar-refractivity contribution in [1.82, 2.24) is 9.97 Å². The zero-order chi connectivity index (χ0) is 18.1. The Balaban J connectivity index is 1.59. The van der Waals surface area contributed by atoms with Gasteiger partial charge in [-0.1, -0.05) is 41.9 Å². The molecule has 0 bridgehead atoms. The molecule has 0 saturated heterocycles. The van der Waals surface area contributed by atoms with Gasteiger partial charge in [-0.2, -0.15) is 0 Å². The van der Waals surface area contributed by atoms with Gasteiger partial charge in [-0.15, -0.1) is 0 Å². The van der Waals surface area contributed by atoms with Crippen molar-refractivity contribution in [2.24, 2.45) is 0 Å². The molecule has 4 rings (SSSR count). The van der Waals surface area contributed by atoms with Crippen LogP contribution in [0.25, 0.3) is 0 Å². The number of para-hydroxylation sites is 1. The zero-order valence-electron chi connectivity index (χ0n) is 14.9. The zero-order valence-corrected chi connectivity index (χ0v) is 15.7. The first kappa shape index (κ1) is 16.9. The Morgan fingerprint density at radius 3 is 2.69 bits per heavy atom. The second-order valence-corrected chi connectivity index (χ2v) is 7.13. The van der Waals surface area contributed by atoms with Crippen LogP contribution in [0.1, 0.15) is 23.9 Å². The highest BCUT2D eigenvalue weighted by Gasteiger charge is 2.28. The highest BCUT2D eigenvalue weighted by atomic mass is 35.5. The minimum absolute atomic E-state index is 0.380. The van der Waals surface area contributed by atoms with E-state index < -0.39 is 0 Å². The summed E-state index contributed by atoms with van der Waals surface area (Å²) in [5.74, 6) is 2.53. The smallest absolute Gasteiger partial charge is 0.139 e. The molecule has 0 radical (unpaired) electrons. The van der Waals surface area contributed by atoms with Crippen molar-refractivity contribution in [2.75, 3.05) is 10.2 Å². The number of hydrogen-bond donors (Lipinski definition) is 1. The number of benzene rings is 2. The maximum atomic E-state index is 5.95. The fraction of sp³-hybridized carbons (Fsp3) is 0.238. The van der Waals surface area contributed by atoms with Gasteiger partial charge in [0, 0.05) is 29.4 Å². The van der Waals surface area contributed by atoms with Crippen LogP contribution in [0.2, 0.25) is 5.02 Å². The number of aryl methyl sites for hydroxylation is 1. The lowest BCUT2D eigenvalue weighted by Crippen LogP contribution is -2.25. The van der Waals surface area contributed by atoms with E-state index in [0.717, 1.165) is 34.5 Å². The SMILES string of the molecule is Cc1nc(NCc2ccc(Cl)cc2)cc(N2c3ccccc3CC2C)n1. The standard InChI is InChI=1S/C21H21ClN4/c1-14-11-17-5-3-4-6-19(17)26(14)21-12-20(24-15(2)25-21)23-13-16-7-9-18(22)10-8-16/h3-10,12,14H,11,13H2,1-2H3,(H,23,24,25). The quantitative estimate of drug-likeness (QED) is 0.696. The molecule has 1 aliphatic heterocycles. The number of rotatable bonds is 4. The average Bonchev–Trinajstić information content (AvgIpc) is 2.96. The molecule has 1 N–H and O–H groups in total. The van der Waals surface area contributed by atoms with Crippen LogP contribution >= 0.6 is 11.6 Å². The van der Waals surface area contributed by atoms with E-state index in [4.69, 9.17) is 11.6 Å². The molecule has 0 saturated carbocycles. The summed E-state index contributed by atoms with van der Waals surface area (Å²) >= 11 is 5.95. The second kappa shape index (κ2) is 6.96. The molecule has 3 aromatic rings. The van der Waals surface area contributed by atoms with Crippen LogP contribution in [0.15, 0.2) is 54.6 Å². The maximum absolute atomic E-state index is 5.95. The predicted octanol–water partition coefficient (Wildman–Crippen LogP) is 5.13. The summed E-state index contributed by atoms with van der Waals surface area (Å²) in [5, 5.41) is 4.15. The van der Waals surface area contributed by atoms with Crippen LogP contribution in [-0.2, 0) is 13.0 Å². The van der Waals surface area contributed by atoms with Crippen LogP contribution in [0.4, 0.5) is 17.3 Å². The molecular formula is C21H21ClN4. The molecule has 0 aliphatic carbocycles. The molecule has 1 unspecified atom stereocenters. The van der Waals surface area contributed by atoms with Gasteiger partial charge in [-0.05, 0) is 49.6 Å². The molecule has 2 heterocycles. The molecule has 26 heavy (non-hydrogen) atoms. The van der Waals surface area contributed by atoms with Crippen molar-refractivity contribution in [3.8, 4) is 0 Å². The number of fused-ring (bicyclic) bond motifs is 1. The van der Waals surface area contributed by atoms with Gasteiger partial charge in [-0.25, -0.2) is 9.97 Å². The average molecular weight is 365 g/mol. The summed E-state index contributed by atoms with van der Waals surface area (Å²) in [4.78, 5) is 11.5. The summed E-state index contributed by atoms with van der Waals surface area (Å²) in [5.41, 5.74) is 3.76. The van der Waals surface area contributed by atoms with Crippen molar-refractivity contribution in [3.05, 3.63) is 76.6 Å². The van der Waals surface area contributed by atoms with Crippen LogP contribution in [0.3, 0.4) is 0 Å². The van der Waals surface area contributed by atoms with Gasteiger partial charge in [0.15, 0.2) is 0 Å². The minimum atomic E-state index is 0.380. The molecule has 1 aromatic heterocycles. The Hall–Kier alpha value is -2.59. The van der Waals surface area contributed by atoms with Gasteiger partial charge in [0.05, 0.1) is 0 Å². The molecule has 0 spiro atoms. The second-order valence-electron chi connectivity index (χ2n) is 6.69. The van der Waals surface area contributed by atoms with E-state index in [2.05, 4.69) is 51.4 Å². The molecule has 4 nitrogen and oxygen atoms in total. The van der Waals surface area contributed by atoms with Gasteiger partial charge < -0.3 is 10.2 Å². The van der Waals surface area contributed by atoms with E-state index >= 15 is 0 Å². The summed E-state index contributed by atoms with van der Waals surface area (Å²) in [7, 11) is 0. The number of nitrogens with zero attached hydrogens (tertiary/aromatic N) is 3. The maximum Gasteiger partial charge on any atom is 0.139 e. The number of halogens is 1. The fourth-order valence-electron chi connectivity index (χ4n) is 3.48. The summed E-state index contributed by atoms with van der Waals surface area (Å²) in [6.45, 7) is 4.86. The largest absolute Gasteiger partial charge is 0.366 e. The molecule has 132 valence electrons. The fourth-order valence-corrected chi connectivity index (χ4v) is 3.60. The van der Waals surface area contributed by atoms with Crippen molar-refractivity contribution in [2.45, 2.75) is 32.9 Å². The van der Waals surface area contributed by atoms with E-state index in [1.165, 1.54) is 11.3 Å². The monoisotopic (exact) mass is 364 g/mol. The third-order valence-corrected chi connectivity index (χ3v) is 4.92. The molecule has 0 amide bonds. The van der Waals surface area contributed by atoms with E-state index in [-0.39, 0.29) is 0 Å². The first-order valence-electron chi connectivity index (χ1n) is 8.81. The number of anilines is 3. The van der Waals surface area contributed by atoms with Gasteiger partial charge in [0.1, 0.15) is 17.5 Å². The molecule has 1 aliphatic rings. The van der Waals surface area contributed by atoms with E-state index in [9.17, 15) is 0 Å². The number of aromatic nitrogens is 2. The number of nitrogens with one attached hydrogen (secondary N) is 1. The predicted molar refractivity (Wildman–Crippen MR) is 107 cm³/mol. The molecular weight excluding hydrogens is 344 g/mol. The summed E-state index contributed by atoms with van der Waals surface area (Å²) in [6.07, 6.45) is 1.03. The van der Waals surface area contributed by atoms with Crippen molar-refractivity contribution >= 4 is 28.9 Å². The lowest BCUT2D eigenvalue weighted by atomic mass is 10.1. The number of hydrogen-bond acceptors (Lipinski definition) is 4. The Kier molecular flexibility index (Phi) is 4.51. The Labute approximate surface area is 158 Å². The topological polar surface area (TPSA) is 41.1 Å². The first-order chi connectivity index (χ1) is 12.6. The first-order valence-corrected chi connectivity index (χ1v) is 9.19. The molecule has 0 fully saturated rings. The van der Waals surface area contributed by atoms with E-state index in [1.807, 2.05) is 37.3 Å². The lowest BCUT2D eigenvalue weighted by Gasteiger charge is -2.24. The third-order valence-electron chi connectivity index (χ3n) is 4.67. The van der Waals surface area contributed by atoms with E-state index in [0.29, 0.717) is 12.6 Å². The molecule has 5 heteroatoms. The summed E-state index contributed by atoms with van der Waals surface area (Å²) < 4.78 is 0. The van der Waals surface area contributed by atoms with Crippen molar-refractivity contribution < 1.29 is 0 Å². The van der Waals surface area contributed by atoms with Crippen molar-refractivity contribution in [3.63, 3.8) is 0 Å². The third kappa shape index (κ3) is 3.37. The molecule has 2 aromatic carbocycles. The van der Waals surface area contributed by atoms with Crippen LogP contribution in [0, 0.1) is 6.92 Å². The Morgan fingerprint density at radius 2 is 1.88 bits per heavy atom. The lowest BCUT2D eigenvalue weighted by molar-refractivity contribution is 0.747. The van der Waals surface area contributed by atoms with Crippen LogP contribution in [-0.4, -0.2) is 16.0 Å². The Morgan fingerprint density at radius 1 is 1.12 bits per heavy atom. The van der Waals surface area contributed by atoms with Crippen molar-refractivity contribution in [1.29, 1.82) is 0 Å². The van der Waals surface area contributed by atoms with Crippen LogP contribution < -0.4 is 10.2 Å². The van der Waals surface area contributed by atoms with Gasteiger partial charge in [0.2, 0.25) is 0 Å². The Bertz CT molecular complexity index is 924. The minimum Gasteiger partial charge on any atom is -0.366 e. The summed E-state index contributed by atoms with van der Waals surface area (Å²) in [6, 6.07) is 18.8. The molecule has 1 atom stereocenters.